The zero-order valence-corrected chi connectivity index (χ0v) is 13.9. The SMILES string of the molecule is CC(NC(=O)N(CCO)C1CC1)c1ccc(-c2ccncc2)cc1. The van der Waals surface area contributed by atoms with E-state index in [9.17, 15) is 4.79 Å². The van der Waals surface area contributed by atoms with E-state index in [0.717, 1.165) is 29.5 Å². The highest BCUT2D eigenvalue weighted by Gasteiger charge is 2.32. The lowest BCUT2D eigenvalue weighted by Crippen LogP contribution is -2.43. The fourth-order valence-corrected chi connectivity index (χ4v) is 2.80. The van der Waals surface area contributed by atoms with Crippen molar-refractivity contribution in [1.82, 2.24) is 15.2 Å². The third kappa shape index (κ3) is 3.92. The van der Waals surface area contributed by atoms with E-state index >= 15 is 0 Å². The molecule has 0 spiro atoms. The number of carbonyl (C=O) groups excluding carboxylic acids is 1. The molecule has 126 valence electrons. The average Bonchev–Trinajstić information content (AvgIpc) is 3.45. The van der Waals surface area contributed by atoms with Crippen LogP contribution in [0.5, 0.6) is 0 Å². The molecule has 5 nitrogen and oxygen atoms in total. The molecule has 0 bridgehead atoms. The maximum absolute atomic E-state index is 12.4. The Hall–Kier alpha value is -2.40. The van der Waals surface area contributed by atoms with E-state index in [1.54, 1.807) is 17.3 Å². The van der Waals surface area contributed by atoms with Gasteiger partial charge in [-0.25, -0.2) is 4.79 Å². The number of aliphatic hydroxyl groups is 1. The van der Waals surface area contributed by atoms with Gasteiger partial charge in [-0.1, -0.05) is 24.3 Å². The van der Waals surface area contributed by atoms with Gasteiger partial charge in [-0.05, 0) is 48.6 Å². The molecule has 1 aliphatic carbocycles. The summed E-state index contributed by atoms with van der Waals surface area (Å²) in [4.78, 5) is 18.2. The molecule has 0 radical (unpaired) electrons. The van der Waals surface area contributed by atoms with Crippen molar-refractivity contribution in [2.75, 3.05) is 13.2 Å². The molecule has 1 aliphatic rings. The Bertz CT molecular complexity index is 669. The molecule has 24 heavy (non-hydrogen) atoms. The van der Waals surface area contributed by atoms with Crippen molar-refractivity contribution in [2.45, 2.75) is 31.8 Å². The number of amides is 2. The van der Waals surface area contributed by atoms with Crippen LogP contribution >= 0.6 is 0 Å². The second kappa shape index (κ2) is 7.45. The van der Waals surface area contributed by atoms with Crippen molar-refractivity contribution in [3.63, 3.8) is 0 Å². The van der Waals surface area contributed by atoms with Crippen LogP contribution in [0.3, 0.4) is 0 Å². The quantitative estimate of drug-likeness (QED) is 0.858. The molecule has 2 aromatic rings. The first-order valence-electron chi connectivity index (χ1n) is 8.37. The van der Waals surface area contributed by atoms with Crippen LogP contribution in [0.15, 0.2) is 48.8 Å². The molecule has 1 aromatic carbocycles. The molecule has 0 saturated heterocycles. The Morgan fingerprint density at radius 3 is 2.42 bits per heavy atom. The highest BCUT2D eigenvalue weighted by atomic mass is 16.3. The summed E-state index contributed by atoms with van der Waals surface area (Å²) >= 11 is 0. The lowest BCUT2D eigenvalue weighted by Gasteiger charge is -2.24. The van der Waals surface area contributed by atoms with Crippen molar-refractivity contribution in [3.05, 3.63) is 54.4 Å². The summed E-state index contributed by atoms with van der Waals surface area (Å²) in [6, 6.07) is 12.2. The van der Waals surface area contributed by atoms with Crippen LogP contribution in [0.2, 0.25) is 0 Å². The monoisotopic (exact) mass is 325 g/mol. The molecule has 1 heterocycles. The van der Waals surface area contributed by atoms with E-state index in [1.807, 2.05) is 31.2 Å². The smallest absolute Gasteiger partial charge is 0.318 e. The van der Waals surface area contributed by atoms with Gasteiger partial charge in [-0.15, -0.1) is 0 Å². The Labute approximate surface area is 142 Å². The topological polar surface area (TPSA) is 65.5 Å². The fraction of sp³-hybridized carbons (Fsp3) is 0.368. The van der Waals surface area contributed by atoms with Crippen molar-refractivity contribution in [3.8, 4) is 11.1 Å². The molecule has 3 rings (SSSR count). The van der Waals surface area contributed by atoms with E-state index in [4.69, 9.17) is 5.11 Å². The van der Waals surface area contributed by atoms with Crippen molar-refractivity contribution < 1.29 is 9.90 Å². The van der Waals surface area contributed by atoms with Crippen molar-refractivity contribution >= 4 is 6.03 Å². The summed E-state index contributed by atoms with van der Waals surface area (Å²) in [5.74, 6) is 0. The number of hydrogen-bond acceptors (Lipinski definition) is 3. The number of hydrogen-bond donors (Lipinski definition) is 2. The number of carbonyl (C=O) groups is 1. The van der Waals surface area contributed by atoms with Gasteiger partial charge in [0.05, 0.1) is 12.6 Å². The van der Waals surface area contributed by atoms with Gasteiger partial charge in [0.25, 0.3) is 0 Å². The third-order valence-electron chi connectivity index (χ3n) is 4.35. The number of aliphatic hydroxyl groups excluding tert-OH is 1. The zero-order valence-electron chi connectivity index (χ0n) is 13.9. The van der Waals surface area contributed by atoms with Crippen LogP contribution in [0.25, 0.3) is 11.1 Å². The van der Waals surface area contributed by atoms with Gasteiger partial charge >= 0.3 is 6.03 Å². The number of benzene rings is 1. The number of nitrogens with zero attached hydrogens (tertiary/aromatic N) is 2. The minimum Gasteiger partial charge on any atom is -0.395 e. The van der Waals surface area contributed by atoms with E-state index in [1.165, 1.54) is 0 Å². The first-order chi connectivity index (χ1) is 11.7. The van der Waals surface area contributed by atoms with Gasteiger partial charge in [0.2, 0.25) is 0 Å². The summed E-state index contributed by atoms with van der Waals surface area (Å²) in [6.45, 7) is 2.37. The average molecular weight is 325 g/mol. The largest absolute Gasteiger partial charge is 0.395 e. The third-order valence-corrected chi connectivity index (χ3v) is 4.35. The highest BCUT2D eigenvalue weighted by molar-refractivity contribution is 5.75. The summed E-state index contributed by atoms with van der Waals surface area (Å²) in [6.07, 6.45) is 5.62. The van der Waals surface area contributed by atoms with Crippen LogP contribution in [0.4, 0.5) is 4.79 Å². The minimum atomic E-state index is -0.0998. The van der Waals surface area contributed by atoms with Gasteiger partial charge in [0.1, 0.15) is 0 Å². The van der Waals surface area contributed by atoms with Gasteiger partial charge in [0.15, 0.2) is 0 Å². The molecule has 1 atom stereocenters. The Balaban J connectivity index is 1.64. The van der Waals surface area contributed by atoms with Gasteiger partial charge < -0.3 is 15.3 Å². The number of urea groups is 1. The number of pyridine rings is 1. The molecule has 1 saturated carbocycles. The predicted octanol–water partition coefficient (Wildman–Crippen LogP) is 2.98. The maximum Gasteiger partial charge on any atom is 0.318 e. The summed E-state index contributed by atoms with van der Waals surface area (Å²) in [7, 11) is 0. The molecule has 0 aliphatic heterocycles. The molecular formula is C19H23N3O2. The van der Waals surface area contributed by atoms with E-state index < -0.39 is 0 Å². The Kier molecular flexibility index (Phi) is 5.11. The van der Waals surface area contributed by atoms with Crippen LogP contribution in [0.1, 0.15) is 31.4 Å². The molecule has 1 aromatic heterocycles. The highest BCUT2D eigenvalue weighted by Crippen LogP contribution is 2.27. The first kappa shape index (κ1) is 16.5. The van der Waals surface area contributed by atoms with E-state index in [2.05, 4.69) is 22.4 Å². The number of aromatic nitrogens is 1. The maximum atomic E-state index is 12.4. The first-order valence-corrected chi connectivity index (χ1v) is 8.37. The molecule has 5 heteroatoms. The predicted molar refractivity (Wildman–Crippen MR) is 93.4 cm³/mol. The standard InChI is InChI=1S/C19H23N3O2/c1-14(21-19(24)22(12-13-23)18-6-7-18)15-2-4-16(5-3-15)17-8-10-20-11-9-17/h2-5,8-11,14,18,23H,6-7,12-13H2,1H3,(H,21,24). The van der Waals surface area contributed by atoms with Crippen LogP contribution in [-0.2, 0) is 0 Å². The lowest BCUT2D eigenvalue weighted by molar-refractivity contribution is 0.171. The summed E-state index contributed by atoms with van der Waals surface area (Å²) < 4.78 is 0. The molecule has 2 amide bonds. The Morgan fingerprint density at radius 2 is 1.83 bits per heavy atom. The van der Waals surface area contributed by atoms with Gasteiger partial charge in [-0.3, -0.25) is 4.98 Å². The number of rotatable bonds is 6. The molecule has 1 unspecified atom stereocenters. The molecule has 2 N–H and O–H groups in total. The van der Waals surface area contributed by atoms with Gasteiger partial charge in [0, 0.05) is 25.0 Å². The van der Waals surface area contributed by atoms with Crippen molar-refractivity contribution in [1.29, 1.82) is 0 Å². The second-order valence-corrected chi connectivity index (χ2v) is 6.18. The van der Waals surface area contributed by atoms with E-state index in [0.29, 0.717) is 12.6 Å². The lowest BCUT2D eigenvalue weighted by atomic mass is 10.0. The summed E-state index contributed by atoms with van der Waals surface area (Å²) in [5, 5.41) is 12.2. The van der Waals surface area contributed by atoms with Crippen LogP contribution in [-0.4, -0.2) is 40.2 Å². The second-order valence-electron chi connectivity index (χ2n) is 6.18. The Morgan fingerprint density at radius 1 is 1.21 bits per heavy atom. The fourth-order valence-electron chi connectivity index (χ4n) is 2.80. The van der Waals surface area contributed by atoms with E-state index in [-0.39, 0.29) is 18.7 Å². The van der Waals surface area contributed by atoms with Gasteiger partial charge in [-0.2, -0.15) is 0 Å². The van der Waals surface area contributed by atoms with Crippen LogP contribution < -0.4 is 5.32 Å². The zero-order chi connectivity index (χ0) is 16.9. The summed E-state index contributed by atoms with van der Waals surface area (Å²) in [5.41, 5.74) is 3.30. The molecule has 1 fully saturated rings. The van der Waals surface area contributed by atoms with Crippen molar-refractivity contribution in [2.24, 2.45) is 0 Å². The number of nitrogens with one attached hydrogen (secondary N) is 1. The van der Waals surface area contributed by atoms with Crippen LogP contribution in [0, 0.1) is 0 Å². The normalized spacial score (nSPS) is 14.9. The minimum absolute atomic E-state index is 0.00106. The molecular weight excluding hydrogens is 302 g/mol.